The zero-order chi connectivity index (χ0) is 25.8. The van der Waals surface area contributed by atoms with Crippen LogP contribution in [0.3, 0.4) is 0 Å². The SMILES string of the molecule is C=C1N[C@@H](COc2ccc(-c3nc(-c4cn5cc(C(F)(F)F)cc(Cl)c5n4)no3)cc2C)CC1(F)F. The van der Waals surface area contributed by atoms with E-state index in [9.17, 15) is 22.0 Å². The van der Waals surface area contributed by atoms with Crippen LogP contribution in [0.1, 0.15) is 17.5 Å². The summed E-state index contributed by atoms with van der Waals surface area (Å²) in [5, 5.41) is 6.34. The third-order valence-corrected chi connectivity index (χ3v) is 5.95. The van der Waals surface area contributed by atoms with Crippen LogP contribution >= 0.6 is 11.6 Å². The lowest BCUT2D eigenvalue weighted by molar-refractivity contribution is -0.137. The van der Waals surface area contributed by atoms with Crippen LogP contribution in [0.2, 0.25) is 5.02 Å². The smallest absolute Gasteiger partial charge is 0.417 e. The number of hydrogen-bond acceptors (Lipinski definition) is 6. The summed E-state index contributed by atoms with van der Waals surface area (Å²) in [6, 6.07) is 5.27. The maximum absolute atomic E-state index is 13.6. The van der Waals surface area contributed by atoms with Gasteiger partial charge in [-0.25, -0.2) is 4.98 Å². The predicted octanol–water partition coefficient (Wildman–Crippen LogP) is 5.92. The molecule has 188 valence electrons. The molecule has 1 N–H and O–H groups in total. The number of aromatic nitrogens is 4. The minimum atomic E-state index is -4.57. The summed E-state index contributed by atoms with van der Waals surface area (Å²) in [6.45, 7) is 5.14. The van der Waals surface area contributed by atoms with Crippen LogP contribution in [0.25, 0.3) is 28.6 Å². The summed E-state index contributed by atoms with van der Waals surface area (Å²) in [7, 11) is 0. The van der Waals surface area contributed by atoms with Crippen molar-refractivity contribution in [2.75, 3.05) is 6.61 Å². The largest absolute Gasteiger partial charge is 0.491 e. The topological polar surface area (TPSA) is 77.5 Å². The van der Waals surface area contributed by atoms with Gasteiger partial charge in [-0.05, 0) is 36.8 Å². The standard InChI is InChI=1S/C23H17ClF5N5O2/c1-11-5-13(3-4-18(11)35-10-15-7-22(25,26)12(2)30-15)21-32-19(33-36-21)17-9-34-8-14(23(27,28)29)6-16(24)20(34)31-17/h3-6,8-9,15,30H,2,7,10H2,1H3/t15-/m1/s1. The molecule has 36 heavy (non-hydrogen) atoms. The second kappa shape index (κ2) is 8.47. The van der Waals surface area contributed by atoms with E-state index >= 15 is 0 Å². The number of nitrogens with zero attached hydrogens (tertiary/aromatic N) is 4. The maximum Gasteiger partial charge on any atom is 0.417 e. The lowest BCUT2D eigenvalue weighted by Gasteiger charge is -2.14. The molecule has 1 aromatic carbocycles. The van der Waals surface area contributed by atoms with Crippen molar-refractivity contribution in [3.05, 3.63) is 65.1 Å². The third-order valence-electron chi connectivity index (χ3n) is 5.67. The molecule has 0 aliphatic carbocycles. The molecule has 1 aliphatic heterocycles. The van der Waals surface area contributed by atoms with E-state index in [4.69, 9.17) is 20.9 Å². The molecule has 0 unspecified atom stereocenters. The highest BCUT2D eigenvalue weighted by Crippen LogP contribution is 2.35. The molecule has 4 heterocycles. The molecule has 1 fully saturated rings. The minimum Gasteiger partial charge on any atom is -0.491 e. The van der Waals surface area contributed by atoms with E-state index in [2.05, 4.69) is 27.0 Å². The van der Waals surface area contributed by atoms with E-state index < -0.39 is 23.7 Å². The lowest BCUT2D eigenvalue weighted by atomic mass is 10.1. The van der Waals surface area contributed by atoms with E-state index in [0.29, 0.717) is 16.9 Å². The normalized spacial score (nSPS) is 17.5. The van der Waals surface area contributed by atoms with Gasteiger partial charge in [-0.1, -0.05) is 23.3 Å². The summed E-state index contributed by atoms with van der Waals surface area (Å²) >= 11 is 5.99. The van der Waals surface area contributed by atoms with E-state index in [1.807, 2.05) is 0 Å². The molecular weight excluding hydrogens is 509 g/mol. The summed E-state index contributed by atoms with van der Waals surface area (Å²) in [5.41, 5.74) is 0.308. The Balaban J connectivity index is 1.34. The monoisotopic (exact) mass is 525 g/mol. The van der Waals surface area contributed by atoms with Gasteiger partial charge in [-0.3, -0.25) is 0 Å². The fourth-order valence-corrected chi connectivity index (χ4v) is 4.09. The molecule has 3 aromatic heterocycles. The van der Waals surface area contributed by atoms with Gasteiger partial charge < -0.3 is 19.0 Å². The van der Waals surface area contributed by atoms with Crippen molar-refractivity contribution in [2.45, 2.75) is 31.5 Å². The van der Waals surface area contributed by atoms with Crippen LogP contribution in [-0.2, 0) is 6.18 Å². The number of alkyl halides is 5. The fourth-order valence-electron chi connectivity index (χ4n) is 3.84. The highest BCUT2D eigenvalue weighted by Gasteiger charge is 2.43. The third kappa shape index (κ3) is 4.48. The van der Waals surface area contributed by atoms with E-state index in [-0.39, 0.29) is 46.8 Å². The van der Waals surface area contributed by atoms with Crippen LogP contribution in [0, 0.1) is 6.92 Å². The quantitative estimate of drug-likeness (QED) is 0.326. The highest BCUT2D eigenvalue weighted by molar-refractivity contribution is 6.33. The van der Waals surface area contributed by atoms with Crippen LogP contribution in [0.15, 0.2) is 53.5 Å². The molecule has 1 atom stereocenters. The van der Waals surface area contributed by atoms with Crippen molar-refractivity contribution in [1.29, 1.82) is 0 Å². The lowest BCUT2D eigenvalue weighted by Crippen LogP contribution is -2.27. The Labute approximate surface area is 205 Å². The number of benzene rings is 1. The number of fused-ring (bicyclic) bond motifs is 1. The van der Waals surface area contributed by atoms with Crippen molar-refractivity contribution in [3.8, 4) is 28.7 Å². The summed E-state index contributed by atoms with van der Waals surface area (Å²) in [5.74, 6) is -2.26. The van der Waals surface area contributed by atoms with Gasteiger partial charge >= 0.3 is 6.18 Å². The van der Waals surface area contributed by atoms with Gasteiger partial charge in [0.05, 0.1) is 22.3 Å². The van der Waals surface area contributed by atoms with Gasteiger partial charge in [-0.15, -0.1) is 0 Å². The molecule has 0 saturated carbocycles. The Morgan fingerprint density at radius 1 is 1.25 bits per heavy atom. The van der Waals surface area contributed by atoms with Gasteiger partial charge in [0, 0.05) is 24.4 Å². The predicted molar refractivity (Wildman–Crippen MR) is 120 cm³/mol. The summed E-state index contributed by atoms with van der Waals surface area (Å²) in [4.78, 5) is 8.50. The first-order valence-electron chi connectivity index (χ1n) is 10.6. The molecule has 0 amide bonds. The number of allylic oxidation sites excluding steroid dienone is 1. The second-order valence-electron chi connectivity index (χ2n) is 8.37. The van der Waals surface area contributed by atoms with Gasteiger partial charge in [0.1, 0.15) is 18.1 Å². The molecule has 0 spiro atoms. The summed E-state index contributed by atoms with van der Waals surface area (Å²) in [6.07, 6.45) is -2.76. The van der Waals surface area contributed by atoms with E-state index in [1.54, 1.807) is 25.1 Å². The molecule has 4 aromatic rings. The zero-order valence-electron chi connectivity index (χ0n) is 18.5. The maximum atomic E-state index is 13.6. The number of hydrogen-bond donors (Lipinski definition) is 1. The van der Waals surface area contributed by atoms with E-state index in [1.165, 1.54) is 6.20 Å². The van der Waals surface area contributed by atoms with Crippen molar-refractivity contribution < 1.29 is 31.2 Å². The van der Waals surface area contributed by atoms with Crippen LogP contribution in [0.4, 0.5) is 22.0 Å². The Kier molecular flexibility index (Phi) is 5.66. The Morgan fingerprint density at radius 3 is 2.69 bits per heavy atom. The van der Waals surface area contributed by atoms with Crippen LogP contribution < -0.4 is 10.1 Å². The second-order valence-corrected chi connectivity index (χ2v) is 8.78. The van der Waals surface area contributed by atoms with Gasteiger partial charge in [0.2, 0.25) is 5.82 Å². The van der Waals surface area contributed by atoms with Gasteiger partial charge in [0.15, 0.2) is 5.65 Å². The molecule has 13 heteroatoms. The number of ether oxygens (including phenoxy) is 1. The van der Waals surface area contributed by atoms with Crippen LogP contribution in [0.5, 0.6) is 5.75 Å². The molecule has 1 saturated heterocycles. The average Bonchev–Trinajstić information content (AvgIpc) is 3.50. The van der Waals surface area contributed by atoms with Crippen molar-refractivity contribution in [3.63, 3.8) is 0 Å². The van der Waals surface area contributed by atoms with E-state index in [0.717, 1.165) is 16.7 Å². The Morgan fingerprint density at radius 2 is 2.03 bits per heavy atom. The highest BCUT2D eigenvalue weighted by atomic mass is 35.5. The Bertz CT molecular complexity index is 1480. The number of aryl methyl sites for hydroxylation is 1. The van der Waals surface area contributed by atoms with Gasteiger partial charge in [0.25, 0.3) is 11.8 Å². The zero-order valence-corrected chi connectivity index (χ0v) is 19.3. The number of halogens is 6. The number of nitrogens with one attached hydrogen (secondary N) is 1. The molecule has 1 aliphatic rings. The molecular formula is C23H17ClF5N5O2. The van der Waals surface area contributed by atoms with Crippen LogP contribution in [-0.4, -0.2) is 38.1 Å². The van der Waals surface area contributed by atoms with Crippen molar-refractivity contribution in [2.24, 2.45) is 0 Å². The molecule has 0 radical (unpaired) electrons. The van der Waals surface area contributed by atoms with Gasteiger partial charge in [-0.2, -0.15) is 26.9 Å². The molecule has 0 bridgehead atoms. The number of imidazole rings is 1. The molecule has 7 nitrogen and oxygen atoms in total. The number of rotatable bonds is 5. The first-order valence-corrected chi connectivity index (χ1v) is 11.0. The van der Waals surface area contributed by atoms with Crippen molar-refractivity contribution >= 4 is 17.2 Å². The number of pyridine rings is 1. The van der Waals surface area contributed by atoms with Crippen molar-refractivity contribution in [1.82, 2.24) is 24.8 Å². The molecule has 5 rings (SSSR count). The first-order chi connectivity index (χ1) is 16.9. The Hall–Kier alpha value is -3.67. The summed E-state index contributed by atoms with van der Waals surface area (Å²) < 4.78 is 78.6. The first kappa shape index (κ1) is 24.0. The average molecular weight is 526 g/mol. The fraction of sp³-hybridized carbons (Fsp3) is 0.261. The minimum absolute atomic E-state index is 0.0337.